The first kappa shape index (κ1) is 12.5. The van der Waals surface area contributed by atoms with Crippen LogP contribution in [-0.2, 0) is 6.00 Å². The first-order valence-corrected chi connectivity index (χ1v) is 5.97. The smallest absolute Gasteiger partial charge is 0.351 e. The van der Waals surface area contributed by atoms with Crippen molar-refractivity contribution >= 4 is 23.1 Å². The number of benzene rings is 1. The number of azo groups is 1. The van der Waals surface area contributed by atoms with Gasteiger partial charge in [-0.25, -0.2) is 4.57 Å². The van der Waals surface area contributed by atoms with Crippen molar-refractivity contribution in [3.05, 3.63) is 48.7 Å². The SMILES string of the molecule is COc1ccc(N=Nc2cccc[n+]2CCl)cc1. The van der Waals surface area contributed by atoms with Crippen LogP contribution in [0.2, 0.25) is 0 Å². The Morgan fingerprint density at radius 2 is 1.89 bits per heavy atom. The second-order valence-corrected chi connectivity index (χ2v) is 3.79. The summed E-state index contributed by atoms with van der Waals surface area (Å²) in [5.74, 6) is 1.51. The fraction of sp³-hybridized carbons (Fsp3) is 0.154. The van der Waals surface area contributed by atoms with Crippen LogP contribution in [0.1, 0.15) is 0 Å². The van der Waals surface area contributed by atoms with E-state index in [1.165, 1.54) is 0 Å². The number of aromatic nitrogens is 1. The largest absolute Gasteiger partial charge is 0.497 e. The summed E-state index contributed by atoms with van der Waals surface area (Å²) in [6, 6.07) is 13.4. The normalized spacial score (nSPS) is 10.8. The third-order valence-electron chi connectivity index (χ3n) is 2.39. The van der Waals surface area contributed by atoms with Gasteiger partial charge >= 0.3 is 5.82 Å². The molecule has 92 valence electrons. The highest BCUT2D eigenvalue weighted by atomic mass is 35.5. The van der Waals surface area contributed by atoms with Gasteiger partial charge in [0.1, 0.15) is 11.4 Å². The summed E-state index contributed by atoms with van der Waals surface area (Å²) in [7, 11) is 1.63. The van der Waals surface area contributed by atoms with Gasteiger partial charge in [-0.2, -0.15) is 0 Å². The molecule has 5 heteroatoms. The van der Waals surface area contributed by atoms with Crippen molar-refractivity contribution in [3.8, 4) is 5.75 Å². The molecule has 1 aromatic heterocycles. The molecule has 0 N–H and O–H groups in total. The monoisotopic (exact) mass is 262 g/mol. The Morgan fingerprint density at radius 3 is 2.56 bits per heavy atom. The van der Waals surface area contributed by atoms with E-state index in [4.69, 9.17) is 16.3 Å². The van der Waals surface area contributed by atoms with Gasteiger partial charge in [-0.1, -0.05) is 17.7 Å². The summed E-state index contributed by atoms with van der Waals surface area (Å²) in [6.45, 7) is 0. The molecule has 0 aliphatic heterocycles. The second kappa shape index (κ2) is 6.12. The van der Waals surface area contributed by atoms with Gasteiger partial charge < -0.3 is 4.74 Å². The van der Waals surface area contributed by atoms with Crippen LogP contribution in [0.3, 0.4) is 0 Å². The zero-order chi connectivity index (χ0) is 12.8. The average molecular weight is 263 g/mol. The van der Waals surface area contributed by atoms with Crippen molar-refractivity contribution in [2.24, 2.45) is 10.2 Å². The average Bonchev–Trinajstić information content (AvgIpc) is 2.46. The van der Waals surface area contributed by atoms with Gasteiger partial charge in [-0.05, 0) is 35.4 Å². The van der Waals surface area contributed by atoms with Crippen molar-refractivity contribution in [3.63, 3.8) is 0 Å². The number of methoxy groups -OCH3 is 1. The highest BCUT2D eigenvalue weighted by Crippen LogP contribution is 2.19. The predicted molar refractivity (Wildman–Crippen MR) is 69.7 cm³/mol. The Hall–Kier alpha value is -1.94. The van der Waals surface area contributed by atoms with Crippen molar-refractivity contribution in [1.82, 2.24) is 0 Å². The molecule has 2 aromatic rings. The Kier molecular flexibility index (Phi) is 4.25. The van der Waals surface area contributed by atoms with Gasteiger partial charge in [-0.15, -0.1) is 0 Å². The fourth-order valence-electron chi connectivity index (χ4n) is 1.42. The molecule has 0 amide bonds. The maximum atomic E-state index is 5.80. The van der Waals surface area contributed by atoms with Crippen molar-refractivity contribution in [2.45, 2.75) is 6.00 Å². The molecule has 0 saturated heterocycles. The van der Waals surface area contributed by atoms with Crippen LogP contribution >= 0.6 is 11.6 Å². The predicted octanol–water partition coefficient (Wildman–Crippen LogP) is 3.59. The molecule has 0 fully saturated rings. The van der Waals surface area contributed by atoms with Crippen LogP contribution < -0.4 is 9.30 Å². The molecule has 0 unspecified atom stereocenters. The molecular formula is C13H13ClN3O+. The summed E-state index contributed by atoms with van der Waals surface area (Å²) in [5.41, 5.74) is 0.765. The van der Waals surface area contributed by atoms with E-state index in [1.807, 2.05) is 48.7 Å². The Bertz CT molecular complexity index is 540. The van der Waals surface area contributed by atoms with Crippen LogP contribution in [0.25, 0.3) is 0 Å². The standard InChI is InChI=1S/C13H13ClN3O/c1-18-12-7-5-11(6-8-12)15-16-13-4-2-3-9-17(13)10-14/h2-9H,10H2,1H3/q+1. The number of nitrogens with zero attached hydrogens (tertiary/aromatic N) is 3. The summed E-state index contributed by atoms with van der Waals surface area (Å²) >= 11 is 5.80. The minimum absolute atomic E-state index is 0.345. The van der Waals surface area contributed by atoms with Gasteiger partial charge in [0, 0.05) is 6.07 Å². The molecule has 0 radical (unpaired) electrons. The fourth-order valence-corrected chi connectivity index (χ4v) is 1.62. The van der Waals surface area contributed by atoms with E-state index in [-0.39, 0.29) is 0 Å². The summed E-state index contributed by atoms with van der Waals surface area (Å²) in [6.07, 6.45) is 1.86. The van der Waals surface area contributed by atoms with Crippen LogP contribution in [0.5, 0.6) is 5.75 Å². The molecule has 0 bridgehead atoms. The van der Waals surface area contributed by atoms with Crippen LogP contribution in [0.4, 0.5) is 11.5 Å². The molecule has 0 aliphatic rings. The summed E-state index contributed by atoms with van der Waals surface area (Å²) in [4.78, 5) is 0. The van der Waals surface area contributed by atoms with Crippen molar-refractivity contribution in [1.29, 1.82) is 0 Å². The minimum atomic E-state index is 0.345. The summed E-state index contributed by atoms with van der Waals surface area (Å²) in [5, 5.41) is 8.32. The van der Waals surface area contributed by atoms with E-state index in [0.29, 0.717) is 11.8 Å². The quantitative estimate of drug-likeness (QED) is 0.471. The highest BCUT2D eigenvalue weighted by Gasteiger charge is 2.06. The zero-order valence-electron chi connectivity index (χ0n) is 9.95. The third-order valence-corrected chi connectivity index (χ3v) is 2.64. The van der Waals surface area contributed by atoms with Gasteiger partial charge in [0.25, 0.3) is 0 Å². The first-order valence-electron chi connectivity index (χ1n) is 5.43. The maximum Gasteiger partial charge on any atom is 0.351 e. The Balaban J connectivity index is 2.19. The lowest BCUT2D eigenvalue weighted by molar-refractivity contribution is -0.665. The molecule has 0 atom stereocenters. The number of hydrogen-bond donors (Lipinski definition) is 0. The number of ether oxygens (including phenoxy) is 1. The number of rotatable bonds is 4. The van der Waals surface area contributed by atoms with Crippen LogP contribution in [0, 0.1) is 0 Å². The molecular weight excluding hydrogens is 250 g/mol. The van der Waals surface area contributed by atoms with Gasteiger partial charge in [0.2, 0.25) is 0 Å². The molecule has 2 rings (SSSR count). The van der Waals surface area contributed by atoms with Gasteiger partial charge in [0.05, 0.1) is 18.4 Å². The molecule has 0 spiro atoms. The van der Waals surface area contributed by atoms with Crippen LogP contribution in [0.15, 0.2) is 58.9 Å². The lowest BCUT2D eigenvalue weighted by atomic mass is 10.3. The number of halogens is 1. The van der Waals surface area contributed by atoms with E-state index in [2.05, 4.69) is 10.2 Å². The first-order chi connectivity index (χ1) is 8.83. The van der Waals surface area contributed by atoms with Crippen molar-refractivity contribution < 1.29 is 9.30 Å². The molecule has 0 aliphatic carbocycles. The number of pyridine rings is 1. The minimum Gasteiger partial charge on any atom is -0.497 e. The Labute approximate surface area is 111 Å². The third kappa shape index (κ3) is 3.05. The van der Waals surface area contributed by atoms with E-state index >= 15 is 0 Å². The van der Waals surface area contributed by atoms with E-state index in [9.17, 15) is 0 Å². The van der Waals surface area contributed by atoms with E-state index < -0.39 is 0 Å². The highest BCUT2D eigenvalue weighted by molar-refractivity contribution is 6.14. The lowest BCUT2D eigenvalue weighted by Crippen LogP contribution is -2.30. The Morgan fingerprint density at radius 1 is 1.11 bits per heavy atom. The topological polar surface area (TPSA) is 37.8 Å². The van der Waals surface area contributed by atoms with Crippen molar-refractivity contribution in [2.75, 3.05) is 7.11 Å². The maximum absolute atomic E-state index is 5.80. The van der Waals surface area contributed by atoms with E-state index in [0.717, 1.165) is 11.4 Å². The number of alkyl halides is 1. The van der Waals surface area contributed by atoms with Gasteiger partial charge in [0.15, 0.2) is 6.00 Å². The molecule has 4 nitrogen and oxygen atoms in total. The van der Waals surface area contributed by atoms with E-state index in [1.54, 1.807) is 11.7 Å². The molecule has 1 aromatic carbocycles. The van der Waals surface area contributed by atoms with Crippen LogP contribution in [-0.4, -0.2) is 7.11 Å². The molecule has 18 heavy (non-hydrogen) atoms. The van der Waals surface area contributed by atoms with Gasteiger partial charge in [-0.3, -0.25) is 0 Å². The second-order valence-electron chi connectivity index (χ2n) is 3.55. The lowest BCUT2D eigenvalue weighted by Gasteiger charge is -1.97. The summed E-state index contributed by atoms with van der Waals surface area (Å²) < 4.78 is 6.87. The zero-order valence-corrected chi connectivity index (χ0v) is 10.7. The number of hydrogen-bond acceptors (Lipinski definition) is 3. The molecule has 1 heterocycles. The molecule has 0 saturated carbocycles.